The molecule has 0 atom stereocenters. The van der Waals surface area contributed by atoms with Gasteiger partial charge >= 0.3 is 6.18 Å². The Balaban J connectivity index is 3.42. The zero-order valence-corrected chi connectivity index (χ0v) is 12.7. The van der Waals surface area contributed by atoms with Crippen molar-refractivity contribution < 1.29 is 18.0 Å². The average Bonchev–Trinajstić information content (AvgIpc) is 2.33. The largest absolute Gasteiger partial charge is 0.456 e. The van der Waals surface area contributed by atoms with Crippen molar-refractivity contribution in [2.75, 3.05) is 7.05 Å². The average molecular weight is 300 g/mol. The molecule has 0 saturated carbocycles. The molecule has 116 valence electrons. The van der Waals surface area contributed by atoms with Crippen molar-refractivity contribution >= 4 is 11.5 Å². The standard InChI is InChI=1S/C15H19F3N2O/c1-10-8-6-7-9-11(10)12(13(21)15(16,17)18)19-20(5)14(2,3)4/h6-9H,1-5H3/b19-12+. The number of nitrogens with zero attached hydrogens (tertiary/aromatic N) is 2. The van der Waals surface area contributed by atoms with Crippen molar-refractivity contribution in [3.63, 3.8) is 0 Å². The number of ketones is 1. The fraction of sp³-hybridized carbons (Fsp3) is 0.467. The Kier molecular flexibility index (Phi) is 4.81. The van der Waals surface area contributed by atoms with Crippen molar-refractivity contribution in [1.29, 1.82) is 0 Å². The highest BCUT2D eigenvalue weighted by atomic mass is 19.4. The summed E-state index contributed by atoms with van der Waals surface area (Å²) in [7, 11) is 1.54. The molecule has 1 rings (SSSR count). The monoisotopic (exact) mass is 300 g/mol. The molecule has 0 aliphatic rings. The third-order valence-electron chi connectivity index (χ3n) is 3.09. The van der Waals surface area contributed by atoms with E-state index in [9.17, 15) is 18.0 Å². The number of Topliss-reactive ketones (excluding diaryl/α,β-unsaturated/α-hetero) is 1. The molecule has 0 N–H and O–H groups in total. The third-order valence-corrected chi connectivity index (χ3v) is 3.09. The molecule has 0 bridgehead atoms. The minimum absolute atomic E-state index is 0.191. The summed E-state index contributed by atoms with van der Waals surface area (Å²) in [5.74, 6) is -1.94. The number of hydrazone groups is 1. The quantitative estimate of drug-likeness (QED) is 0.631. The van der Waals surface area contributed by atoms with Crippen LogP contribution in [0, 0.1) is 6.92 Å². The minimum atomic E-state index is -4.96. The van der Waals surface area contributed by atoms with E-state index in [0.29, 0.717) is 5.56 Å². The second kappa shape index (κ2) is 5.87. The Labute approximate surface area is 122 Å². The maximum absolute atomic E-state index is 12.8. The van der Waals surface area contributed by atoms with Gasteiger partial charge in [-0.05, 0) is 33.3 Å². The Bertz CT molecular complexity index is 557. The summed E-state index contributed by atoms with van der Waals surface area (Å²) in [5, 5.41) is 5.29. The van der Waals surface area contributed by atoms with Crippen LogP contribution in [-0.4, -0.2) is 35.3 Å². The van der Waals surface area contributed by atoms with Gasteiger partial charge in [-0.1, -0.05) is 24.3 Å². The maximum atomic E-state index is 12.8. The lowest BCUT2D eigenvalue weighted by molar-refractivity contribution is -0.163. The van der Waals surface area contributed by atoms with Gasteiger partial charge in [0.15, 0.2) is 0 Å². The lowest BCUT2D eigenvalue weighted by Gasteiger charge is -2.30. The van der Waals surface area contributed by atoms with Crippen molar-refractivity contribution in [1.82, 2.24) is 5.01 Å². The first-order valence-electron chi connectivity index (χ1n) is 6.44. The van der Waals surface area contributed by atoms with Gasteiger partial charge in [0.25, 0.3) is 5.78 Å². The molecule has 21 heavy (non-hydrogen) atoms. The molecule has 1 aromatic rings. The van der Waals surface area contributed by atoms with Crippen molar-refractivity contribution in [3.8, 4) is 0 Å². The van der Waals surface area contributed by atoms with Crippen LogP contribution >= 0.6 is 0 Å². The van der Waals surface area contributed by atoms with Gasteiger partial charge in [0.2, 0.25) is 0 Å². The van der Waals surface area contributed by atoms with Gasteiger partial charge in [0, 0.05) is 18.2 Å². The maximum Gasteiger partial charge on any atom is 0.456 e. The molecule has 0 saturated heterocycles. The Morgan fingerprint density at radius 3 is 2.10 bits per heavy atom. The van der Waals surface area contributed by atoms with E-state index in [2.05, 4.69) is 5.10 Å². The van der Waals surface area contributed by atoms with E-state index in [1.807, 2.05) is 0 Å². The van der Waals surface area contributed by atoms with Gasteiger partial charge in [-0.25, -0.2) is 0 Å². The summed E-state index contributed by atoms with van der Waals surface area (Å²) in [6.45, 7) is 7.03. The van der Waals surface area contributed by atoms with E-state index in [-0.39, 0.29) is 5.56 Å². The fourth-order valence-corrected chi connectivity index (χ4v) is 1.49. The highest BCUT2D eigenvalue weighted by Gasteiger charge is 2.43. The fourth-order valence-electron chi connectivity index (χ4n) is 1.49. The molecular formula is C15H19F3N2O. The summed E-state index contributed by atoms with van der Waals surface area (Å²) >= 11 is 0. The molecule has 0 spiro atoms. The Hall–Kier alpha value is -1.85. The van der Waals surface area contributed by atoms with Crippen LogP contribution < -0.4 is 0 Å². The van der Waals surface area contributed by atoms with Crippen LogP contribution in [0.25, 0.3) is 0 Å². The van der Waals surface area contributed by atoms with Gasteiger partial charge in [-0.15, -0.1) is 0 Å². The Morgan fingerprint density at radius 1 is 1.14 bits per heavy atom. The van der Waals surface area contributed by atoms with Crippen LogP contribution in [0.15, 0.2) is 29.4 Å². The summed E-state index contributed by atoms with van der Waals surface area (Å²) in [5.41, 5.74) is -0.329. The number of hydrogen-bond donors (Lipinski definition) is 0. The van der Waals surface area contributed by atoms with E-state index in [1.165, 1.54) is 11.1 Å². The first-order chi connectivity index (χ1) is 9.44. The number of hydrogen-bond acceptors (Lipinski definition) is 3. The zero-order valence-electron chi connectivity index (χ0n) is 12.7. The van der Waals surface area contributed by atoms with Crippen LogP contribution in [-0.2, 0) is 4.79 Å². The topological polar surface area (TPSA) is 32.7 Å². The molecule has 0 aliphatic heterocycles. The smallest absolute Gasteiger partial charge is 0.294 e. The molecule has 0 aliphatic carbocycles. The van der Waals surface area contributed by atoms with E-state index < -0.39 is 23.2 Å². The molecule has 6 heteroatoms. The number of carbonyl (C=O) groups excluding carboxylic acids is 1. The van der Waals surface area contributed by atoms with E-state index in [1.54, 1.807) is 52.9 Å². The van der Waals surface area contributed by atoms with Crippen molar-refractivity contribution in [3.05, 3.63) is 35.4 Å². The number of rotatable bonds is 3. The van der Waals surface area contributed by atoms with Crippen molar-refractivity contribution in [2.45, 2.75) is 39.4 Å². The van der Waals surface area contributed by atoms with E-state index >= 15 is 0 Å². The van der Waals surface area contributed by atoms with Gasteiger partial charge in [-0.2, -0.15) is 18.3 Å². The van der Waals surface area contributed by atoms with Gasteiger partial charge < -0.3 is 0 Å². The molecular weight excluding hydrogens is 281 g/mol. The molecule has 0 radical (unpaired) electrons. The minimum Gasteiger partial charge on any atom is -0.294 e. The van der Waals surface area contributed by atoms with Crippen LogP contribution in [0.1, 0.15) is 31.9 Å². The van der Waals surface area contributed by atoms with Crippen LogP contribution in [0.4, 0.5) is 13.2 Å². The normalized spacial score (nSPS) is 13.2. The SMILES string of the molecule is Cc1ccccc1/C(=N\N(C)C(C)(C)C)C(=O)C(F)(F)F. The Morgan fingerprint density at radius 2 is 1.67 bits per heavy atom. The predicted octanol–water partition coefficient (Wildman–Crippen LogP) is 3.56. The van der Waals surface area contributed by atoms with Crippen LogP contribution in [0.3, 0.4) is 0 Å². The lowest BCUT2D eigenvalue weighted by atomic mass is 10.0. The molecule has 0 fully saturated rings. The van der Waals surface area contributed by atoms with Crippen LogP contribution in [0.5, 0.6) is 0 Å². The van der Waals surface area contributed by atoms with Gasteiger partial charge in [0.05, 0.1) is 0 Å². The third kappa shape index (κ3) is 4.31. The molecule has 3 nitrogen and oxygen atoms in total. The van der Waals surface area contributed by atoms with Gasteiger partial charge in [0.1, 0.15) is 5.71 Å². The summed E-state index contributed by atoms with van der Waals surface area (Å²) in [6, 6.07) is 6.39. The zero-order chi connectivity index (χ0) is 16.4. The highest BCUT2D eigenvalue weighted by Crippen LogP contribution is 2.22. The molecule has 0 unspecified atom stereocenters. The summed E-state index contributed by atoms with van der Waals surface area (Å²) < 4.78 is 38.4. The molecule has 1 aromatic carbocycles. The first kappa shape index (κ1) is 17.2. The summed E-state index contributed by atoms with van der Waals surface area (Å²) in [4.78, 5) is 11.7. The second-order valence-corrected chi connectivity index (χ2v) is 5.78. The highest BCUT2D eigenvalue weighted by molar-refractivity contribution is 6.48. The lowest BCUT2D eigenvalue weighted by Crippen LogP contribution is -2.38. The van der Waals surface area contributed by atoms with Crippen molar-refractivity contribution in [2.24, 2.45) is 5.10 Å². The number of halogens is 3. The van der Waals surface area contributed by atoms with E-state index in [0.717, 1.165) is 0 Å². The second-order valence-electron chi connectivity index (χ2n) is 5.78. The molecule has 0 amide bonds. The number of alkyl halides is 3. The molecule has 0 aromatic heterocycles. The van der Waals surface area contributed by atoms with Gasteiger partial charge in [-0.3, -0.25) is 9.80 Å². The van der Waals surface area contributed by atoms with E-state index in [4.69, 9.17) is 0 Å². The number of carbonyl (C=O) groups is 1. The summed E-state index contributed by atoms with van der Waals surface area (Å²) in [6.07, 6.45) is -4.96. The van der Waals surface area contributed by atoms with Crippen LogP contribution in [0.2, 0.25) is 0 Å². The molecule has 0 heterocycles. The first-order valence-corrected chi connectivity index (χ1v) is 6.44. The number of benzene rings is 1. The predicted molar refractivity (Wildman–Crippen MR) is 76.3 cm³/mol. The number of aryl methyl sites for hydroxylation is 1.